The van der Waals surface area contributed by atoms with E-state index in [9.17, 15) is 0 Å². The SMILES string of the molecule is CC(C)CC(C)OCc1ccc(CO)o1. The molecule has 0 saturated heterocycles. The zero-order valence-corrected chi connectivity index (χ0v) is 9.69. The van der Waals surface area contributed by atoms with E-state index in [-0.39, 0.29) is 12.7 Å². The largest absolute Gasteiger partial charge is 0.461 e. The molecule has 1 atom stereocenters. The molecule has 1 aromatic heterocycles. The molecule has 1 rings (SSSR count). The van der Waals surface area contributed by atoms with Gasteiger partial charge in [0, 0.05) is 0 Å². The van der Waals surface area contributed by atoms with Gasteiger partial charge in [-0.15, -0.1) is 0 Å². The fourth-order valence-corrected chi connectivity index (χ4v) is 1.54. The Morgan fingerprint density at radius 3 is 2.47 bits per heavy atom. The summed E-state index contributed by atoms with van der Waals surface area (Å²) in [6.45, 7) is 6.85. The summed E-state index contributed by atoms with van der Waals surface area (Å²) in [4.78, 5) is 0. The minimum absolute atomic E-state index is 0.0540. The van der Waals surface area contributed by atoms with Crippen molar-refractivity contribution in [2.75, 3.05) is 0 Å². The van der Waals surface area contributed by atoms with Crippen molar-refractivity contribution in [1.82, 2.24) is 0 Å². The van der Waals surface area contributed by atoms with E-state index in [2.05, 4.69) is 20.8 Å². The molecule has 0 spiro atoms. The van der Waals surface area contributed by atoms with Crippen LogP contribution in [0.1, 0.15) is 38.7 Å². The molecule has 0 aliphatic heterocycles. The van der Waals surface area contributed by atoms with Gasteiger partial charge in [0.05, 0.1) is 6.10 Å². The fourth-order valence-electron chi connectivity index (χ4n) is 1.54. The number of rotatable bonds is 6. The summed E-state index contributed by atoms with van der Waals surface area (Å²) in [5.41, 5.74) is 0. The van der Waals surface area contributed by atoms with Crippen molar-refractivity contribution >= 4 is 0 Å². The van der Waals surface area contributed by atoms with Crippen LogP contribution >= 0.6 is 0 Å². The zero-order chi connectivity index (χ0) is 11.3. The first-order chi connectivity index (χ1) is 7.11. The summed E-state index contributed by atoms with van der Waals surface area (Å²) in [5, 5.41) is 8.81. The predicted octanol–water partition coefficient (Wildman–Crippen LogP) is 2.72. The monoisotopic (exact) mass is 212 g/mol. The lowest BCUT2D eigenvalue weighted by atomic mass is 10.1. The lowest BCUT2D eigenvalue weighted by Crippen LogP contribution is -2.10. The smallest absolute Gasteiger partial charge is 0.130 e. The van der Waals surface area contributed by atoms with Crippen LogP contribution in [0.3, 0.4) is 0 Å². The van der Waals surface area contributed by atoms with Gasteiger partial charge < -0.3 is 14.3 Å². The second kappa shape index (κ2) is 5.93. The first kappa shape index (κ1) is 12.3. The highest BCUT2D eigenvalue weighted by Crippen LogP contribution is 2.13. The van der Waals surface area contributed by atoms with Crippen LogP contribution in [0.25, 0.3) is 0 Å². The molecule has 0 bridgehead atoms. The first-order valence-electron chi connectivity index (χ1n) is 5.42. The lowest BCUT2D eigenvalue weighted by molar-refractivity contribution is 0.0292. The van der Waals surface area contributed by atoms with E-state index in [0.717, 1.165) is 12.2 Å². The van der Waals surface area contributed by atoms with Crippen molar-refractivity contribution in [3.63, 3.8) is 0 Å². The van der Waals surface area contributed by atoms with Gasteiger partial charge in [0.15, 0.2) is 0 Å². The highest BCUT2D eigenvalue weighted by atomic mass is 16.5. The second-order valence-corrected chi connectivity index (χ2v) is 4.28. The molecule has 1 N–H and O–H groups in total. The normalized spacial score (nSPS) is 13.4. The molecule has 0 saturated carbocycles. The van der Waals surface area contributed by atoms with Gasteiger partial charge in [-0.2, -0.15) is 0 Å². The summed E-state index contributed by atoms with van der Waals surface area (Å²) < 4.78 is 10.9. The van der Waals surface area contributed by atoms with Crippen molar-refractivity contribution < 1.29 is 14.3 Å². The molecule has 0 aliphatic carbocycles. The Labute approximate surface area is 91.1 Å². The molecule has 1 heterocycles. The van der Waals surface area contributed by atoms with Gasteiger partial charge in [0.2, 0.25) is 0 Å². The Hall–Kier alpha value is -0.800. The van der Waals surface area contributed by atoms with Crippen molar-refractivity contribution in [3.8, 4) is 0 Å². The van der Waals surface area contributed by atoms with Crippen LogP contribution in [0.15, 0.2) is 16.5 Å². The number of ether oxygens (including phenoxy) is 1. The maximum absolute atomic E-state index is 8.81. The number of hydrogen-bond acceptors (Lipinski definition) is 3. The minimum Gasteiger partial charge on any atom is -0.461 e. The predicted molar refractivity (Wildman–Crippen MR) is 58.3 cm³/mol. The van der Waals surface area contributed by atoms with Crippen molar-refractivity contribution in [1.29, 1.82) is 0 Å². The van der Waals surface area contributed by atoms with Gasteiger partial charge in [-0.05, 0) is 31.4 Å². The van der Waals surface area contributed by atoms with Crippen LogP contribution in [0.4, 0.5) is 0 Å². The Kier molecular flexibility index (Phi) is 4.85. The van der Waals surface area contributed by atoms with Crippen LogP contribution in [-0.2, 0) is 18.0 Å². The van der Waals surface area contributed by atoms with E-state index in [1.165, 1.54) is 0 Å². The zero-order valence-electron chi connectivity index (χ0n) is 9.69. The first-order valence-corrected chi connectivity index (χ1v) is 5.42. The highest BCUT2D eigenvalue weighted by molar-refractivity contribution is 5.05. The van der Waals surface area contributed by atoms with Crippen LogP contribution in [-0.4, -0.2) is 11.2 Å². The number of furan rings is 1. The molecule has 0 radical (unpaired) electrons. The van der Waals surface area contributed by atoms with E-state index in [1.54, 1.807) is 6.07 Å². The summed E-state index contributed by atoms with van der Waals surface area (Å²) in [5.74, 6) is 2.00. The third-order valence-electron chi connectivity index (χ3n) is 2.19. The van der Waals surface area contributed by atoms with Crippen LogP contribution in [0.5, 0.6) is 0 Å². The summed E-state index contributed by atoms with van der Waals surface area (Å²) >= 11 is 0. The summed E-state index contributed by atoms with van der Waals surface area (Å²) in [6, 6.07) is 3.61. The van der Waals surface area contributed by atoms with Gasteiger partial charge in [-0.1, -0.05) is 13.8 Å². The number of hydrogen-bond donors (Lipinski definition) is 1. The minimum atomic E-state index is -0.0540. The Balaban J connectivity index is 2.30. The molecule has 3 nitrogen and oxygen atoms in total. The van der Waals surface area contributed by atoms with Gasteiger partial charge in [0.25, 0.3) is 0 Å². The third kappa shape index (κ3) is 4.49. The molecular weight excluding hydrogens is 192 g/mol. The van der Waals surface area contributed by atoms with Gasteiger partial charge in [-0.3, -0.25) is 0 Å². The fraction of sp³-hybridized carbons (Fsp3) is 0.667. The Morgan fingerprint density at radius 1 is 1.27 bits per heavy atom. The molecule has 86 valence electrons. The van der Waals surface area contributed by atoms with E-state index in [0.29, 0.717) is 18.3 Å². The Bertz CT molecular complexity index is 278. The number of aliphatic hydroxyl groups is 1. The van der Waals surface area contributed by atoms with E-state index in [4.69, 9.17) is 14.3 Å². The highest BCUT2D eigenvalue weighted by Gasteiger charge is 2.07. The van der Waals surface area contributed by atoms with E-state index >= 15 is 0 Å². The molecule has 0 amide bonds. The molecule has 15 heavy (non-hydrogen) atoms. The third-order valence-corrected chi connectivity index (χ3v) is 2.19. The van der Waals surface area contributed by atoms with Crippen molar-refractivity contribution in [2.45, 2.75) is 46.5 Å². The molecule has 0 aromatic carbocycles. The van der Waals surface area contributed by atoms with Gasteiger partial charge in [0.1, 0.15) is 24.7 Å². The molecule has 1 aromatic rings. The molecular formula is C12H20O3. The lowest BCUT2D eigenvalue weighted by Gasteiger charge is -2.13. The van der Waals surface area contributed by atoms with Crippen LogP contribution < -0.4 is 0 Å². The van der Waals surface area contributed by atoms with Crippen molar-refractivity contribution in [3.05, 3.63) is 23.7 Å². The summed E-state index contributed by atoms with van der Waals surface area (Å²) in [7, 11) is 0. The maximum atomic E-state index is 8.81. The topological polar surface area (TPSA) is 42.6 Å². The van der Waals surface area contributed by atoms with E-state index in [1.807, 2.05) is 6.07 Å². The summed E-state index contributed by atoms with van der Waals surface area (Å²) in [6.07, 6.45) is 1.29. The van der Waals surface area contributed by atoms with Crippen LogP contribution in [0.2, 0.25) is 0 Å². The molecule has 0 fully saturated rings. The molecule has 0 aliphatic rings. The second-order valence-electron chi connectivity index (χ2n) is 4.28. The number of aliphatic hydroxyl groups excluding tert-OH is 1. The average molecular weight is 212 g/mol. The van der Waals surface area contributed by atoms with Crippen molar-refractivity contribution in [2.24, 2.45) is 5.92 Å². The quantitative estimate of drug-likeness (QED) is 0.788. The van der Waals surface area contributed by atoms with Gasteiger partial charge >= 0.3 is 0 Å². The molecule has 1 unspecified atom stereocenters. The Morgan fingerprint density at radius 2 is 1.93 bits per heavy atom. The maximum Gasteiger partial charge on any atom is 0.130 e. The average Bonchev–Trinajstić information content (AvgIpc) is 2.61. The van der Waals surface area contributed by atoms with Crippen LogP contribution in [0, 0.1) is 5.92 Å². The van der Waals surface area contributed by atoms with Gasteiger partial charge in [-0.25, -0.2) is 0 Å². The van der Waals surface area contributed by atoms with E-state index < -0.39 is 0 Å². The standard InChI is InChI=1S/C12H20O3/c1-9(2)6-10(3)14-8-12-5-4-11(7-13)15-12/h4-5,9-10,13H,6-8H2,1-3H3. The molecule has 3 heteroatoms.